The highest BCUT2D eigenvalue weighted by Gasteiger charge is 2.23. The molecule has 2 N–H and O–H groups in total. The van der Waals surface area contributed by atoms with E-state index in [4.69, 9.17) is 5.73 Å². The van der Waals surface area contributed by atoms with Crippen molar-refractivity contribution >= 4 is 11.4 Å². The summed E-state index contributed by atoms with van der Waals surface area (Å²) < 4.78 is 26.7. The SMILES string of the molecule is Nc1ccnc(-c2cccc(F)c2F)c1[N+](=O)[O-]. The number of nitro groups is 1. The topological polar surface area (TPSA) is 82.0 Å². The summed E-state index contributed by atoms with van der Waals surface area (Å²) in [6.07, 6.45) is 1.20. The lowest BCUT2D eigenvalue weighted by atomic mass is 10.1. The molecule has 7 heteroatoms. The zero-order chi connectivity index (χ0) is 13.3. The maximum atomic E-state index is 13.6. The van der Waals surface area contributed by atoms with Crippen LogP contribution in [-0.4, -0.2) is 9.91 Å². The van der Waals surface area contributed by atoms with Gasteiger partial charge in [0.2, 0.25) is 0 Å². The number of hydrogen-bond acceptors (Lipinski definition) is 4. The van der Waals surface area contributed by atoms with Gasteiger partial charge in [-0.2, -0.15) is 0 Å². The van der Waals surface area contributed by atoms with Crippen molar-refractivity contribution in [1.29, 1.82) is 0 Å². The van der Waals surface area contributed by atoms with Crippen LogP contribution in [0.4, 0.5) is 20.2 Å². The van der Waals surface area contributed by atoms with E-state index in [-0.39, 0.29) is 16.9 Å². The van der Waals surface area contributed by atoms with E-state index < -0.39 is 22.2 Å². The van der Waals surface area contributed by atoms with Crippen molar-refractivity contribution in [2.75, 3.05) is 5.73 Å². The Morgan fingerprint density at radius 3 is 2.67 bits per heavy atom. The molecule has 0 spiro atoms. The molecule has 5 nitrogen and oxygen atoms in total. The molecular formula is C11H7F2N3O2. The van der Waals surface area contributed by atoms with Crippen molar-refractivity contribution < 1.29 is 13.7 Å². The number of rotatable bonds is 2. The summed E-state index contributed by atoms with van der Waals surface area (Å²) in [5.41, 5.74) is 4.16. The van der Waals surface area contributed by atoms with Crippen LogP contribution in [0.15, 0.2) is 30.5 Å². The van der Waals surface area contributed by atoms with Crippen molar-refractivity contribution in [2.45, 2.75) is 0 Å². The van der Waals surface area contributed by atoms with Crippen LogP contribution in [-0.2, 0) is 0 Å². The molecule has 0 unspecified atom stereocenters. The van der Waals surface area contributed by atoms with E-state index in [0.717, 1.165) is 6.07 Å². The molecule has 0 radical (unpaired) electrons. The molecule has 0 fully saturated rings. The number of nitrogens with zero attached hydrogens (tertiary/aromatic N) is 2. The third-order valence-corrected chi connectivity index (χ3v) is 2.34. The van der Waals surface area contributed by atoms with Crippen LogP contribution in [0.2, 0.25) is 0 Å². The van der Waals surface area contributed by atoms with Crippen LogP contribution in [0, 0.1) is 21.7 Å². The molecule has 1 heterocycles. The van der Waals surface area contributed by atoms with Gasteiger partial charge in [-0.25, -0.2) is 13.8 Å². The summed E-state index contributed by atoms with van der Waals surface area (Å²) in [7, 11) is 0. The van der Waals surface area contributed by atoms with Crippen LogP contribution in [0.5, 0.6) is 0 Å². The van der Waals surface area contributed by atoms with Crippen molar-refractivity contribution in [3.8, 4) is 11.3 Å². The summed E-state index contributed by atoms with van der Waals surface area (Å²) in [6.45, 7) is 0. The summed E-state index contributed by atoms with van der Waals surface area (Å²) in [5, 5.41) is 10.9. The van der Waals surface area contributed by atoms with Crippen LogP contribution in [0.1, 0.15) is 0 Å². The smallest absolute Gasteiger partial charge is 0.318 e. The monoisotopic (exact) mass is 251 g/mol. The summed E-state index contributed by atoms with van der Waals surface area (Å²) >= 11 is 0. The van der Waals surface area contributed by atoms with E-state index in [0.29, 0.717) is 0 Å². The van der Waals surface area contributed by atoms with Crippen LogP contribution in [0.3, 0.4) is 0 Å². The maximum absolute atomic E-state index is 13.6. The van der Waals surface area contributed by atoms with Gasteiger partial charge in [0.05, 0.1) is 4.92 Å². The lowest BCUT2D eigenvalue weighted by Crippen LogP contribution is -2.01. The van der Waals surface area contributed by atoms with Crippen LogP contribution in [0.25, 0.3) is 11.3 Å². The molecule has 18 heavy (non-hydrogen) atoms. The summed E-state index contributed by atoms with van der Waals surface area (Å²) in [4.78, 5) is 13.8. The van der Waals surface area contributed by atoms with E-state index in [1.165, 1.54) is 24.4 Å². The Kier molecular flexibility index (Phi) is 2.88. The number of nitrogens with two attached hydrogens (primary N) is 1. The number of pyridine rings is 1. The first kappa shape index (κ1) is 11.9. The zero-order valence-electron chi connectivity index (χ0n) is 8.93. The highest BCUT2D eigenvalue weighted by Crippen LogP contribution is 2.34. The van der Waals surface area contributed by atoms with Gasteiger partial charge < -0.3 is 5.73 Å². The number of anilines is 1. The molecule has 0 amide bonds. The second-order valence-electron chi connectivity index (χ2n) is 3.46. The van der Waals surface area contributed by atoms with Crippen molar-refractivity contribution in [2.24, 2.45) is 0 Å². The fourth-order valence-electron chi connectivity index (χ4n) is 1.54. The Morgan fingerprint density at radius 1 is 1.28 bits per heavy atom. The third-order valence-electron chi connectivity index (χ3n) is 2.34. The van der Waals surface area contributed by atoms with E-state index in [1.54, 1.807) is 0 Å². The Hall–Kier alpha value is -2.57. The van der Waals surface area contributed by atoms with Gasteiger partial charge in [-0.3, -0.25) is 10.1 Å². The first-order chi connectivity index (χ1) is 8.52. The molecule has 2 rings (SSSR count). The molecule has 0 saturated heterocycles. The lowest BCUT2D eigenvalue weighted by molar-refractivity contribution is -0.383. The third kappa shape index (κ3) is 1.86. The minimum absolute atomic E-state index is 0.159. The second kappa shape index (κ2) is 4.36. The molecule has 2 aromatic rings. The second-order valence-corrected chi connectivity index (χ2v) is 3.46. The summed E-state index contributed by atoms with van der Waals surface area (Å²) in [6, 6.07) is 4.57. The Morgan fingerprint density at radius 2 is 2.00 bits per heavy atom. The van der Waals surface area contributed by atoms with Gasteiger partial charge in [0, 0.05) is 11.8 Å². The number of halogens is 2. The Labute approximate surface area is 100 Å². The minimum atomic E-state index is -1.20. The molecule has 0 saturated carbocycles. The highest BCUT2D eigenvalue weighted by atomic mass is 19.2. The first-order valence-corrected chi connectivity index (χ1v) is 4.85. The Bertz CT molecular complexity index is 632. The van der Waals surface area contributed by atoms with Gasteiger partial charge in [0.15, 0.2) is 17.3 Å². The number of benzene rings is 1. The van der Waals surface area contributed by atoms with E-state index in [9.17, 15) is 18.9 Å². The van der Waals surface area contributed by atoms with Crippen molar-refractivity contribution in [3.63, 3.8) is 0 Å². The lowest BCUT2D eigenvalue weighted by Gasteiger charge is -2.05. The maximum Gasteiger partial charge on any atom is 0.318 e. The van der Waals surface area contributed by atoms with Crippen LogP contribution < -0.4 is 5.73 Å². The quantitative estimate of drug-likeness (QED) is 0.656. The molecule has 0 aliphatic heterocycles. The van der Waals surface area contributed by atoms with Crippen molar-refractivity contribution in [3.05, 3.63) is 52.2 Å². The van der Waals surface area contributed by atoms with E-state index in [1.807, 2.05) is 0 Å². The molecular weight excluding hydrogens is 244 g/mol. The fourth-order valence-corrected chi connectivity index (χ4v) is 1.54. The average molecular weight is 251 g/mol. The molecule has 1 aromatic heterocycles. The van der Waals surface area contributed by atoms with Gasteiger partial charge in [0.25, 0.3) is 0 Å². The van der Waals surface area contributed by atoms with Gasteiger partial charge in [-0.1, -0.05) is 6.07 Å². The van der Waals surface area contributed by atoms with Gasteiger partial charge in [0.1, 0.15) is 5.69 Å². The average Bonchev–Trinajstić information content (AvgIpc) is 2.32. The van der Waals surface area contributed by atoms with Gasteiger partial charge >= 0.3 is 5.69 Å². The fraction of sp³-hybridized carbons (Fsp3) is 0. The highest BCUT2D eigenvalue weighted by molar-refractivity contribution is 5.77. The molecule has 1 aromatic carbocycles. The summed E-state index contributed by atoms with van der Waals surface area (Å²) in [5.74, 6) is -2.30. The number of nitrogen functional groups attached to an aromatic ring is 1. The molecule has 0 aliphatic rings. The van der Waals surface area contributed by atoms with Gasteiger partial charge in [-0.15, -0.1) is 0 Å². The molecule has 0 atom stereocenters. The first-order valence-electron chi connectivity index (χ1n) is 4.85. The van der Waals surface area contributed by atoms with E-state index in [2.05, 4.69) is 4.98 Å². The van der Waals surface area contributed by atoms with E-state index >= 15 is 0 Å². The normalized spacial score (nSPS) is 10.3. The molecule has 0 bridgehead atoms. The largest absolute Gasteiger partial charge is 0.393 e. The number of aromatic nitrogens is 1. The van der Waals surface area contributed by atoms with Crippen molar-refractivity contribution in [1.82, 2.24) is 4.98 Å². The molecule has 92 valence electrons. The number of hydrogen-bond donors (Lipinski definition) is 1. The minimum Gasteiger partial charge on any atom is -0.393 e. The zero-order valence-corrected chi connectivity index (χ0v) is 8.93. The molecule has 0 aliphatic carbocycles. The standard InChI is InChI=1S/C11H7F2N3O2/c12-7-3-1-2-6(9(7)13)10-11(16(17)18)8(14)4-5-15-10/h1-5H,(H2,14,15). The predicted molar refractivity (Wildman–Crippen MR) is 60.7 cm³/mol. The predicted octanol–water partition coefficient (Wildman–Crippen LogP) is 2.52. The van der Waals surface area contributed by atoms with Gasteiger partial charge in [-0.05, 0) is 18.2 Å². The van der Waals surface area contributed by atoms with Crippen LogP contribution >= 0.6 is 0 Å². The Balaban J connectivity index is 2.75.